The molecule has 0 saturated carbocycles. The number of alkyl halides is 3. The molecule has 1 aromatic rings. The van der Waals surface area contributed by atoms with Crippen LogP contribution in [-0.4, -0.2) is 21.4 Å². The molecule has 0 aliphatic heterocycles. The molecule has 0 unspecified atom stereocenters. The van der Waals surface area contributed by atoms with E-state index < -0.39 is 12.6 Å². The quantitative estimate of drug-likeness (QED) is 0.826. The van der Waals surface area contributed by atoms with Crippen LogP contribution in [0.15, 0.2) is 0 Å². The third kappa shape index (κ3) is 3.35. The molecule has 1 rings (SSSR count). The molecule has 0 aromatic carbocycles. The van der Waals surface area contributed by atoms with Crippen LogP contribution in [0.2, 0.25) is 0 Å². The van der Waals surface area contributed by atoms with Crippen molar-refractivity contribution in [2.45, 2.75) is 38.8 Å². The van der Waals surface area contributed by atoms with Gasteiger partial charge in [0.15, 0.2) is 5.82 Å². The number of hydrogen-bond acceptors (Lipinski definition) is 2. The van der Waals surface area contributed by atoms with E-state index in [0.29, 0.717) is 11.6 Å². The molecule has 1 aromatic heterocycles. The van der Waals surface area contributed by atoms with Gasteiger partial charge in [-0.05, 0) is 0 Å². The van der Waals surface area contributed by atoms with Crippen LogP contribution >= 0.6 is 0 Å². The zero-order valence-electron chi connectivity index (χ0n) is 8.02. The van der Waals surface area contributed by atoms with Crippen molar-refractivity contribution in [1.29, 1.82) is 0 Å². The topological polar surface area (TPSA) is 41.6 Å². The van der Waals surface area contributed by atoms with Gasteiger partial charge >= 0.3 is 6.18 Å². The fraction of sp³-hybridized carbons (Fsp3) is 0.750. The van der Waals surface area contributed by atoms with Gasteiger partial charge in [-0.3, -0.25) is 5.10 Å². The van der Waals surface area contributed by atoms with Crippen molar-refractivity contribution in [1.82, 2.24) is 15.2 Å². The van der Waals surface area contributed by atoms with E-state index in [9.17, 15) is 13.2 Å². The van der Waals surface area contributed by atoms with Gasteiger partial charge in [0.25, 0.3) is 0 Å². The third-order valence-electron chi connectivity index (χ3n) is 1.71. The van der Waals surface area contributed by atoms with Gasteiger partial charge in [-0.25, -0.2) is 4.98 Å². The molecule has 0 fully saturated rings. The fourth-order valence-corrected chi connectivity index (χ4v) is 0.940. The summed E-state index contributed by atoms with van der Waals surface area (Å²) in [5, 5.41) is 6.31. The van der Waals surface area contributed by atoms with E-state index in [1.54, 1.807) is 0 Å². The molecule has 80 valence electrons. The number of aromatic nitrogens is 3. The molecule has 0 aliphatic carbocycles. The smallest absolute Gasteiger partial charge is 0.263 e. The maximum absolute atomic E-state index is 11.8. The molecule has 1 N–H and O–H groups in total. The van der Waals surface area contributed by atoms with Crippen LogP contribution < -0.4 is 0 Å². The van der Waals surface area contributed by atoms with E-state index in [-0.39, 0.29) is 12.3 Å². The number of halogens is 3. The first-order valence-electron chi connectivity index (χ1n) is 4.36. The Labute approximate surface area is 79.7 Å². The van der Waals surface area contributed by atoms with Gasteiger partial charge in [0.2, 0.25) is 0 Å². The van der Waals surface area contributed by atoms with Crippen molar-refractivity contribution in [3.05, 3.63) is 11.6 Å². The van der Waals surface area contributed by atoms with Gasteiger partial charge in [0.1, 0.15) is 5.82 Å². The molecule has 0 atom stereocenters. The Balaban J connectivity index is 2.52. The third-order valence-corrected chi connectivity index (χ3v) is 1.71. The lowest BCUT2D eigenvalue weighted by atomic mass is 10.2. The Hall–Kier alpha value is -1.07. The molecule has 0 saturated heterocycles. The van der Waals surface area contributed by atoms with Gasteiger partial charge in [-0.1, -0.05) is 13.8 Å². The van der Waals surface area contributed by atoms with E-state index in [4.69, 9.17) is 0 Å². The predicted octanol–water partition coefficient (Wildman–Crippen LogP) is 2.42. The second-order valence-corrected chi connectivity index (χ2v) is 3.41. The number of H-pyrrole nitrogens is 1. The average molecular weight is 207 g/mol. The largest absolute Gasteiger partial charge is 0.389 e. The zero-order chi connectivity index (χ0) is 10.8. The minimum atomic E-state index is -4.13. The first-order valence-corrected chi connectivity index (χ1v) is 4.36. The molecule has 3 nitrogen and oxygen atoms in total. The van der Waals surface area contributed by atoms with Gasteiger partial charge in [-0.15, -0.1) is 0 Å². The highest BCUT2D eigenvalue weighted by molar-refractivity contribution is 4.95. The molecule has 1 heterocycles. The Morgan fingerprint density at radius 3 is 2.43 bits per heavy atom. The average Bonchev–Trinajstić information content (AvgIpc) is 2.47. The van der Waals surface area contributed by atoms with Crippen LogP contribution in [0.4, 0.5) is 13.2 Å². The Kier molecular flexibility index (Phi) is 3.13. The Morgan fingerprint density at radius 1 is 1.36 bits per heavy atom. The van der Waals surface area contributed by atoms with Crippen LogP contribution in [0, 0.1) is 0 Å². The predicted molar refractivity (Wildman–Crippen MR) is 44.8 cm³/mol. The van der Waals surface area contributed by atoms with Gasteiger partial charge in [-0.2, -0.15) is 18.3 Å². The number of aryl methyl sites for hydroxylation is 1. The number of rotatable bonds is 3. The number of nitrogens with one attached hydrogen (secondary N) is 1. The van der Waals surface area contributed by atoms with Crippen LogP contribution in [0.25, 0.3) is 0 Å². The maximum Gasteiger partial charge on any atom is 0.389 e. The summed E-state index contributed by atoms with van der Waals surface area (Å²) >= 11 is 0. The minimum absolute atomic E-state index is 0.130. The summed E-state index contributed by atoms with van der Waals surface area (Å²) in [5.74, 6) is 0.985. The molecule has 14 heavy (non-hydrogen) atoms. The van der Waals surface area contributed by atoms with Crippen molar-refractivity contribution >= 4 is 0 Å². The lowest BCUT2D eigenvalue weighted by Crippen LogP contribution is -2.09. The Bertz CT molecular complexity index is 290. The SMILES string of the molecule is CC(C)c1n[nH]c(CCC(F)(F)F)n1. The standard InChI is InChI=1S/C8H12F3N3/c1-5(2)7-12-6(13-14-7)3-4-8(9,10)11/h5H,3-4H2,1-2H3,(H,12,13,14). The van der Waals surface area contributed by atoms with Crippen LogP contribution in [0.3, 0.4) is 0 Å². The summed E-state index contributed by atoms with van der Waals surface area (Å²) in [7, 11) is 0. The lowest BCUT2D eigenvalue weighted by molar-refractivity contribution is -0.134. The molecular formula is C8H12F3N3. The maximum atomic E-state index is 11.8. The Morgan fingerprint density at radius 2 is 2.00 bits per heavy atom. The highest BCUT2D eigenvalue weighted by atomic mass is 19.4. The van der Waals surface area contributed by atoms with E-state index in [1.165, 1.54) is 0 Å². The van der Waals surface area contributed by atoms with E-state index in [2.05, 4.69) is 15.2 Å². The lowest BCUT2D eigenvalue weighted by Gasteiger charge is -2.02. The van der Waals surface area contributed by atoms with Gasteiger partial charge < -0.3 is 0 Å². The van der Waals surface area contributed by atoms with Crippen molar-refractivity contribution < 1.29 is 13.2 Å². The molecular weight excluding hydrogens is 195 g/mol. The first-order chi connectivity index (χ1) is 6.38. The van der Waals surface area contributed by atoms with Crippen molar-refractivity contribution in [3.8, 4) is 0 Å². The van der Waals surface area contributed by atoms with Gasteiger partial charge in [0, 0.05) is 12.3 Å². The normalized spacial score (nSPS) is 12.4. The first kappa shape index (κ1) is 11.0. The highest BCUT2D eigenvalue weighted by Gasteiger charge is 2.27. The number of nitrogens with zero attached hydrogens (tertiary/aromatic N) is 2. The summed E-state index contributed by atoms with van der Waals surface area (Å²) in [6.45, 7) is 3.77. The molecule has 0 bridgehead atoms. The van der Waals surface area contributed by atoms with Gasteiger partial charge in [0.05, 0.1) is 6.42 Å². The van der Waals surface area contributed by atoms with E-state index in [1.807, 2.05) is 13.8 Å². The fourth-order valence-electron chi connectivity index (χ4n) is 0.940. The second-order valence-electron chi connectivity index (χ2n) is 3.41. The van der Waals surface area contributed by atoms with Crippen LogP contribution in [-0.2, 0) is 6.42 Å². The highest BCUT2D eigenvalue weighted by Crippen LogP contribution is 2.21. The molecule has 6 heteroatoms. The summed E-state index contributed by atoms with van der Waals surface area (Å²) < 4.78 is 35.5. The van der Waals surface area contributed by atoms with E-state index >= 15 is 0 Å². The number of hydrogen-bond donors (Lipinski definition) is 1. The molecule has 0 aliphatic rings. The summed E-state index contributed by atoms with van der Waals surface area (Å²) in [6, 6.07) is 0. The summed E-state index contributed by atoms with van der Waals surface area (Å²) in [5.41, 5.74) is 0. The van der Waals surface area contributed by atoms with Crippen LogP contribution in [0.5, 0.6) is 0 Å². The van der Waals surface area contributed by atoms with E-state index in [0.717, 1.165) is 0 Å². The van der Waals surface area contributed by atoms with Crippen molar-refractivity contribution in [2.24, 2.45) is 0 Å². The minimum Gasteiger partial charge on any atom is -0.263 e. The molecule has 0 spiro atoms. The summed E-state index contributed by atoms with van der Waals surface area (Å²) in [6.07, 6.45) is -5.13. The molecule has 0 amide bonds. The second kappa shape index (κ2) is 3.98. The monoisotopic (exact) mass is 207 g/mol. The van der Waals surface area contributed by atoms with Crippen molar-refractivity contribution in [3.63, 3.8) is 0 Å². The van der Waals surface area contributed by atoms with Crippen molar-refractivity contribution in [2.75, 3.05) is 0 Å². The summed E-state index contributed by atoms with van der Waals surface area (Å²) in [4.78, 5) is 3.95. The molecule has 0 radical (unpaired) electrons. The zero-order valence-corrected chi connectivity index (χ0v) is 8.02. The number of aromatic amines is 1. The van der Waals surface area contributed by atoms with Crippen LogP contribution in [0.1, 0.15) is 37.8 Å².